The molecule has 0 heterocycles. The number of carbonyl (C=O) groups excluding carboxylic acids is 2. The smallest absolute Gasteiger partial charge is 0.306 e. The zero-order valence-electron chi connectivity index (χ0n) is 13.0. The zero-order valence-corrected chi connectivity index (χ0v) is 13.0. The normalized spacial score (nSPS) is 13.9. The Morgan fingerprint density at radius 1 is 1.10 bits per heavy atom. The molecule has 2 amide bonds. The van der Waals surface area contributed by atoms with Crippen molar-refractivity contribution in [2.45, 2.75) is 52.7 Å². The van der Waals surface area contributed by atoms with E-state index in [-0.39, 0.29) is 24.3 Å². The summed E-state index contributed by atoms with van der Waals surface area (Å²) < 4.78 is 0. The Labute approximate surface area is 125 Å². The van der Waals surface area contributed by atoms with Crippen LogP contribution in [0.2, 0.25) is 0 Å². The van der Waals surface area contributed by atoms with Gasteiger partial charge in [-0.15, -0.1) is 0 Å². The van der Waals surface area contributed by atoms with Crippen LogP contribution in [-0.4, -0.2) is 46.7 Å². The SMILES string of the molecule is CC(C)CC(NC(=O)CNC(=O)C(C)C)C(O)CC(=O)O. The Morgan fingerprint density at radius 2 is 1.67 bits per heavy atom. The summed E-state index contributed by atoms with van der Waals surface area (Å²) in [6.45, 7) is 7.06. The highest BCUT2D eigenvalue weighted by Gasteiger charge is 2.24. The van der Waals surface area contributed by atoms with Crippen molar-refractivity contribution in [1.29, 1.82) is 0 Å². The molecule has 7 heteroatoms. The molecule has 0 radical (unpaired) electrons. The van der Waals surface area contributed by atoms with E-state index in [0.717, 1.165) is 0 Å². The van der Waals surface area contributed by atoms with E-state index in [2.05, 4.69) is 10.6 Å². The fourth-order valence-electron chi connectivity index (χ4n) is 1.77. The molecule has 2 atom stereocenters. The van der Waals surface area contributed by atoms with Crippen LogP contribution in [0, 0.1) is 11.8 Å². The summed E-state index contributed by atoms with van der Waals surface area (Å²) in [5.41, 5.74) is 0. The number of nitrogens with one attached hydrogen (secondary N) is 2. The van der Waals surface area contributed by atoms with E-state index < -0.39 is 30.4 Å². The largest absolute Gasteiger partial charge is 0.481 e. The maximum Gasteiger partial charge on any atom is 0.306 e. The molecular formula is C14H26N2O5. The summed E-state index contributed by atoms with van der Waals surface area (Å²) in [7, 11) is 0. The van der Waals surface area contributed by atoms with Crippen LogP contribution in [0.4, 0.5) is 0 Å². The fourth-order valence-corrected chi connectivity index (χ4v) is 1.77. The van der Waals surface area contributed by atoms with Crippen LogP contribution in [0.25, 0.3) is 0 Å². The van der Waals surface area contributed by atoms with Crippen LogP contribution in [0.1, 0.15) is 40.5 Å². The predicted octanol–water partition coefficient (Wildman–Crippen LogP) is 0.125. The van der Waals surface area contributed by atoms with Gasteiger partial charge in [-0.2, -0.15) is 0 Å². The second-order valence-corrected chi connectivity index (χ2v) is 5.84. The molecule has 0 bridgehead atoms. The first kappa shape index (κ1) is 19.4. The highest BCUT2D eigenvalue weighted by Crippen LogP contribution is 2.11. The van der Waals surface area contributed by atoms with Gasteiger partial charge in [0.15, 0.2) is 0 Å². The molecule has 0 aliphatic heterocycles. The lowest BCUT2D eigenvalue weighted by Gasteiger charge is -2.25. The van der Waals surface area contributed by atoms with E-state index in [1.165, 1.54) is 0 Å². The predicted molar refractivity (Wildman–Crippen MR) is 77.5 cm³/mol. The van der Waals surface area contributed by atoms with E-state index in [1.807, 2.05) is 13.8 Å². The highest BCUT2D eigenvalue weighted by molar-refractivity contribution is 5.85. The van der Waals surface area contributed by atoms with Gasteiger partial charge in [0.1, 0.15) is 0 Å². The molecule has 2 unspecified atom stereocenters. The Morgan fingerprint density at radius 3 is 2.10 bits per heavy atom. The average Bonchev–Trinajstić information content (AvgIpc) is 2.33. The van der Waals surface area contributed by atoms with Crippen LogP contribution in [0.5, 0.6) is 0 Å². The van der Waals surface area contributed by atoms with Crippen molar-refractivity contribution in [3.05, 3.63) is 0 Å². The molecule has 0 spiro atoms. The van der Waals surface area contributed by atoms with Gasteiger partial charge in [-0.1, -0.05) is 27.7 Å². The number of carboxylic acids is 1. The Balaban J connectivity index is 4.48. The number of rotatable bonds is 9. The molecule has 122 valence electrons. The minimum absolute atomic E-state index is 0.184. The second-order valence-electron chi connectivity index (χ2n) is 5.84. The van der Waals surface area contributed by atoms with E-state index in [1.54, 1.807) is 13.8 Å². The number of amides is 2. The van der Waals surface area contributed by atoms with Crippen molar-refractivity contribution in [2.24, 2.45) is 11.8 Å². The van der Waals surface area contributed by atoms with Gasteiger partial charge in [-0.3, -0.25) is 14.4 Å². The van der Waals surface area contributed by atoms with E-state index in [4.69, 9.17) is 5.11 Å². The molecule has 4 N–H and O–H groups in total. The number of hydrogen-bond acceptors (Lipinski definition) is 4. The van der Waals surface area contributed by atoms with E-state index in [0.29, 0.717) is 6.42 Å². The van der Waals surface area contributed by atoms with E-state index >= 15 is 0 Å². The van der Waals surface area contributed by atoms with Crippen molar-refractivity contribution in [2.75, 3.05) is 6.54 Å². The topological polar surface area (TPSA) is 116 Å². The maximum absolute atomic E-state index is 11.8. The van der Waals surface area contributed by atoms with Crippen molar-refractivity contribution < 1.29 is 24.6 Å². The minimum atomic E-state index is -1.16. The van der Waals surface area contributed by atoms with Crippen LogP contribution in [0.3, 0.4) is 0 Å². The van der Waals surface area contributed by atoms with Crippen molar-refractivity contribution >= 4 is 17.8 Å². The van der Waals surface area contributed by atoms with Crippen molar-refractivity contribution in [3.63, 3.8) is 0 Å². The number of carboxylic acid groups (broad SMARTS) is 1. The second kappa shape index (κ2) is 9.33. The molecule has 0 fully saturated rings. The number of hydrogen-bond donors (Lipinski definition) is 4. The molecule has 0 saturated carbocycles. The molecule has 0 aliphatic carbocycles. The van der Waals surface area contributed by atoms with Gasteiger partial charge in [0.05, 0.1) is 25.1 Å². The number of aliphatic hydroxyl groups excluding tert-OH is 1. The first-order chi connectivity index (χ1) is 9.63. The van der Waals surface area contributed by atoms with E-state index in [9.17, 15) is 19.5 Å². The standard InChI is InChI=1S/C14H26N2O5/c1-8(2)5-10(11(17)6-13(19)20)16-12(18)7-15-14(21)9(3)4/h8-11,17H,5-7H2,1-4H3,(H,15,21)(H,16,18)(H,19,20). The van der Waals surface area contributed by atoms with Gasteiger partial charge in [0.2, 0.25) is 11.8 Å². The summed E-state index contributed by atoms with van der Waals surface area (Å²) in [5, 5.41) is 23.6. The lowest BCUT2D eigenvalue weighted by atomic mass is 9.97. The number of aliphatic hydroxyl groups is 1. The molecular weight excluding hydrogens is 276 g/mol. The Bertz CT molecular complexity index is 368. The van der Waals surface area contributed by atoms with Crippen LogP contribution < -0.4 is 10.6 Å². The zero-order chi connectivity index (χ0) is 16.6. The summed E-state index contributed by atoms with van der Waals surface area (Å²) >= 11 is 0. The first-order valence-electron chi connectivity index (χ1n) is 7.10. The number of carbonyl (C=O) groups is 3. The lowest BCUT2D eigenvalue weighted by Crippen LogP contribution is -2.48. The first-order valence-corrected chi connectivity index (χ1v) is 7.10. The molecule has 0 saturated heterocycles. The van der Waals surface area contributed by atoms with Crippen LogP contribution in [-0.2, 0) is 14.4 Å². The minimum Gasteiger partial charge on any atom is -0.481 e. The molecule has 7 nitrogen and oxygen atoms in total. The van der Waals surface area contributed by atoms with Gasteiger partial charge in [-0.05, 0) is 12.3 Å². The average molecular weight is 302 g/mol. The third-order valence-corrected chi connectivity index (χ3v) is 2.87. The summed E-state index contributed by atoms with van der Waals surface area (Å²) in [6, 6.07) is -0.649. The molecule has 21 heavy (non-hydrogen) atoms. The quantitative estimate of drug-likeness (QED) is 0.483. The van der Waals surface area contributed by atoms with Crippen LogP contribution >= 0.6 is 0 Å². The van der Waals surface area contributed by atoms with Gasteiger partial charge < -0.3 is 20.8 Å². The summed E-state index contributed by atoms with van der Waals surface area (Å²) in [5.74, 6) is -1.85. The maximum atomic E-state index is 11.8. The van der Waals surface area contributed by atoms with Gasteiger partial charge in [0.25, 0.3) is 0 Å². The molecule has 0 aliphatic rings. The molecule has 0 aromatic rings. The Kier molecular flexibility index (Phi) is 8.61. The van der Waals surface area contributed by atoms with Crippen LogP contribution in [0.15, 0.2) is 0 Å². The summed E-state index contributed by atoms with van der Waals surface area (Å²) in [6.07, 6.45) is -1.14. The monoisotopic (exact) mass is 302 g/mol. The third-order valence-electron chi connectivity index (χ3n) is 2.87. The molecule has 0 aromatic heterocycles. The lowest BCUT2D eigenvalue weighted by molar-refractivity contribution is -0.140. The Hall–Kier alpha value is -1.63. The summed E-state index contributed by atoms with van der Waals surface area (Å²) in [4.78, 5) is 33.8. The molecule has 0 rings (SSSR count). The number of aliphatic carboxylic acids is 1. The van der Waals surface area contributed by atoms with Crippen molar-refractivity contribution in [1.82, 2.24) is 10.6 Å². The van der Waals surface area contributed by atoms with Gasteiger partial charge >= 0.3 is 5.97 Å². The van der Waals surface area contributed by atoms with Gasteiger partial charge in [-0.25, -0.2) is 0 Å². The molecule has 0 aromatic carbocycles. The fraction of sp³-hybridized carbons (Fsp3) is 0.786. The van der Waals surface area contributed by atoms with Gasteiger partial charge in [0, 0.05) is 5.92 Å². The highest BCUT2D eigenvalue weighted by atomic mass is 16.4. The third kappa shape index (κ3) is 9.01. The van der Waals surface area contributed by atoms with Crippen molar-refractivity contribution in [3.8, 4) is 0 Å².